The molecule has 0 aliphatic heterocycles. The Kier molecular flexibility index (Phi) is 2.47. The molecular formula is C12H16N2O. The summed E-state index contributed by atoms with van der Waals surface area (Å²) in [5.74, 6) is 1.88. The van der Waals surface area contributed by atoms with Crippen LogP contribution >= 0.6 is 0 Å². The highest BCUT2D eigenvalue weighted by Crippen LogP contribution is 2.34. The molecule has 0 atom stereocenters. The minimum atomic E-state index is 0.386. The van der Waals surface area contributed by atoms with Gasteiger partial charge in [-0.3, -0.25) is 0 Å². The summed E-state index contributed by atoms with van der Waals surface area (Å²) in [4.78, 5) is 0. The monoisotopic (exact) mass is 204 g/mol. The van der Waals surface area contributed by atoms with Gasteiger partial charge in [-0.05, 0) is 12.0 Å². The molecule has 0 aliphatic carbocycles. The van der Waals surface area contributed by atoms with Crippen molar-refractivity contribution < 1.29 is 4.42 Å². The molecule has 2 rings (SSSR count). The topological polar surface area (TPSA) is 38.9 Å². The van der Waals surface area contributed by atoms with Crippen molar-refractivity contribution in [1.82, 2.24) is 10.2 Å². The van der Waals surface area contributed by atoms with E-state index in [1.807, 2.05) is 6.07 Å². The molecule has 0 saturated carbocycles. The van der Waals surface area contributed by atoms with E-state index in [-0.39, 0.29) is 0 Å². The number of furan rings is 1. The van der Waals surface area contributed by atoms with Crippen molar-refractivity contribution >= 4 is 11.1 Å². The average molecular weight is 204 g/mol. The number of aromatic nitrogens is 2. The maximum absolute atomic E-state index is 5.75. The van der Waals surface area contributed by atoms with Crippen molar-refractivity contribution in [2.75, 3.05) is 0 Å². The van der Waals surface area contributed by atoms with Gasteiger partial charge in [-0.1, -0.05) is 27.7 Å². The molecule has 80 valence electrons. The van der Waals surface area contributed by atoms with Gasteiger partial charge >= 0.3 is 0 Å². The summed E-state index contributed by atoms with van der Waals surface area (Å²) in [7, 11) is 0. The van der Waals surface area contributed by atoms with E-state index in [1.54, 1.807) is 6.20 Å². The van der Waals surface area contributed by atoms with Crippen molar-refractivity contribution in [3.8, 4) is 0 Å². The van der Waals surface area contributed by atoms with E-state index in [2.05, 4.69) is 37.9 Å². The summed E-state index contributed by atoms with van der Waals surface area (Å²) in [6.07, 6.45) is 1.72. The van der Waals surface area contributed by atoms with Crippen LogP contribution in [-0.2, 0) is 0 Å². The fraction of sp³-hybridized carbons (Fsp3) is 0.500. The molecule has 0 bridgehead atoms. The van der Waals surface area contributed by atoms with E-state index >= 15 is 0 Å². The first-order valence-corrected chi connectivity index (χ1v) is 5.35. The van der Waals surface area contributed by atoms with Gasteiger partial charge in [0.15, 0.2) is 0 Å². The Morgan fingerprint density at radius 2 is 1.87 bits per heavy atom. The third kappa shape index (κ3) is 1.62. The van der Waals surface area contributed by atoms with Gasteiger partial charge in [-0.25, -0.2) is 0 Å². The highest BCUT2D eigenvalue weighted by atomic mass is 16.3. The van der Waals surface area contributed by atoms with Crippen molar-refractivity contribution in [3.63, 3.8) is 0 Å². The van der Waals surface area contributed by atoms with Crippen LogP contribution in [0.3, 0.4) is 0 Å². The lowest BCUT2D eigenvalue weighted by Crippen LogP contribution is -1.94. The molecule has 0 unspecified atom stereocenters. The number of rotatable bonds is 2. The highest BCUT2D eigenvalue weighted by Gasteiger charge is 2.19. The highest BCUT2D eigenvalue weighted by molar-refractivity contribution is 5.79. The third-order valence-electron chi connectivity index (χ3n) is 2.55. The van der Waals surface area contributed by atoms with Crippen LogP contribution in [0.15, 0.2) is 16.7 Å². The van der Waals surface area contributed by atoms with Gasteiger partial charge in [0.25, 0.3) is 0 Å². The number of hydrogen-bond acceptors (Lipinski definition) is 3. The molecule has 0 saturated heterocycles. The number of hydrogen-bond donors (Lipinski definition) is 0. The molecule has 0 aromatic carbocycles. The van der Waals surface area contributed by atoms with Crippen LogP contribution in [-0.4, -0.2) is 10.2 Å². The van der Waals surface area contributed by atoms with E-state index in [4.69, 9.17) is 4.42 Å². The molecular weight excluding hydrogens is 188 g/mol. The molecule has 0 radical (unpaired) electrons. The van der Waals surface area contributed by atoms with Crippen molar-refractivity contribution in [1.29, 1.82) is 0 Å². The molecule has 0 spiro atoms. The SMILES string of the molecule is CC(C)c1oc2nnccc2c1C(C)C. The summed E-state index contributed by atoms with van der Waals surface area (Å²) in [6.45, 7) is 8.63. The van der Waals surface area contributed by atoms with Crippen molar-refractivity contribution in [2.45, 2.75) is 39.5 Å². The van der Waals surface area contributed by atoms with Crippen LogP contribution in [0, 0.1) is 0 Å². The first-order valence-electron chi connectivity index (χ1n) is 5.35. The molecule has 3 nitrogen and oxygen atoms in total. The first-order chi connectivity index (χ1) is 7.11. The zero-order valence-electron chi connectivity index (χ0n) is 9.61. The molecule has 0 N–H and O–H groups in total. The average Bonchev–Trinajstić information content (AvgIpc) is 2.56. The Hall–Kier alpha value is -1.38. The largest absolute Gasteiger partial charge is 0.441 e. The quantitative estimate of drug-likeness (QED) is 0.751. The van der Waals surface area contributed by atoms with Crippen LogP contribution in [0.5, 0.6) is 0 Å². The van der Waals surface area contributed by atoms with Gasteiger partial charge in [0, 0.05) is 16.9 Å². The molecule has 2 aromatic rings. The van der Waals surface area contributed by atoms with Gasteiger partial charge in [-0.2, -0.15) is 5.10 Å². The van der Waals surface area contributed by atoms with E-state index in [9.17, 15) is 0 Å². The number of fused-ring (bicyclic) bond motifs is 1. The van der Waals surface area contributed by atoms with Crippen molar-refractivity contribution in [3.05, 3.63) is 23.6 Å². The summed E-state index contributed by atoms with van der Waals surface area (Å²) in [5, 5.41) is 8.95. The van der Waals surface area contributed by atoms with Crippen LogP contribution in [0.4, 0.5) is 0 Å². The summed E-state index contributed by atoms with van der Waals surface area (Å²) in [5.41, 5.74) is 1.93. The fourth-order valence-corrected chi connectivity index (χ4v) is 1.92. The predicted molar refractivity (Wildman–Crippen MR) is 60.0 cm³/mol. The Morgan fingerprint density at radius 3 is 2.47 bits per heavy atom. The lowest BCUT2D eigenvalue weighted by Gasteiger charge is -2.08. The Morgan fingerprint density at radius 1 is 1.13 bits per heavy atom. The van der Waals surface area contributed by atoms with Crippen LogP contribution in [0.25, 0.3) is 11.1 Å². The summed E-state index contributed by atoms with van der Waals surface area (Å²) >= 11 is 0. The maximum Gasteiger partial charge on any atom is 0.246 e. The smallest absolute Gasteiger partial charge is 0.246 e. The van der Waals surface area contributed by atoms with Crippen molar-refractivity contribution in [2.24, 2.45) is 0 Å². The second-order valence-electron chi connectivity index (χ2n) is 4.44. The van der Waals surface area contributed by atoms with Gasteiger partial charge < -0.3 is 4.42 Å². The third-order valence-corrected chi connectivity index (χ3v) is 2.55. The van der Waals surface area contributed by atoms with E-state index < -0.39 is 0 Å². The molecule has 15 heavy (non-hydrogen) atoms. The van der Waals surface area contributed by atoms with Gasteiger partial charge in [0.05, 0.1) is 6.20 Å². The van der Waals surface area contributed by atoms with Crippen LogP contribution < -0.4 is 0 Å². The second-order valence-corrected chi connectivity index (χ2v) is 4.44. The maximum atomic E-state index is 5.75. The summed E-state index contributed by atoms with van der Waals surface area (Å²) < 4.78 is 5.75. The van der Waals surface area contributed by atoms with Gasteiger partial charge in [-0.15, -0.1) is 5.10 Å². The van der Waals surface area contributed by atoms with Crippen LogP contribution in [0.2, 0.25) is 0 Å². The van der Waals surface area contributed by atoms with Gasteiger partial charge in [0.1, 0.15) is 5.76 Å². The van der Waals surface area contributed by atoms with E-state index in [0.29, 0.717) is 17.5 Å². The molecule has 0 aliphatic rings. The molecule has 0 amide bonds. The Bertz CT molecular complexity index is 471. The standard InChI is InChI=1S/C12H16N2O/c1-7(2)10-9-5-6-13-14-12(9)15-11(10)8(3)4/h5-8H,1-4H3. The molecule has 2 aromatic heterocycles. The zero-order chi connectivity index (χ0) is 11.0. The first kappa shape index (κ1) is 10.1. The normalized spacial score (nSPS) is 11.9. The fourth-order valence-electron chi connectivity index (χ4n) is 1.92. The predicted octanol–water partition coefficient (Wildman–Crippen LogP) is 3.47. The Labute approximate surface area is 89.5 Å². The second kappa shape index (κ2) is 3.65. The lowest BCUT2D eigenvalue weighted by molar-refractivity contribution is 0.501. The molecule has 0 fully saturated rings. The number of nitrogens with zero attached hydrogens (tertiary/aromatic N) is 2. The summed E-state index contributed by atoms with van der Waals surface area (Å²) in [6, 6.07) is 1.98. The molecule has 3 heteroatoms. The van der Waals surface area contributed by atoms with E-state index in [1.165, 1.54) is 5.56 Å². The minimum absolute atomic E-state index is 0.386. The van der Waals surface area contributed by atoms with Gasteiger partial charge in [0.2, 0.25) is 5.71 Å². The Balaban J connectivity index is 2.75. The van der Waals surface area contributed by atoms with Crippen LogP contribution in [0.1, 0.15) is 50.9 Å². The zero-order valence-corrected chi connectivity index (χ0v) is 9.61. The molecule has 2 heterocycles. The minimum Gasteiger partial charge on any atom is -0.441 e. The lowest BCUT2D eigenvalue weighted by atomic mass is 9.96. The van der Waals surface area contributed by atoms with E-state index in [0.717, 1.165) is 11.1 Å².